The van der Waals surface area contributed by atoms with Crippen LogP contribution in [0.1, 0.15) is 23.7 Å². The third kappa shape index (κ3) is 2.31. The van der Waals surface area contributed by atoms with Gasteiger partial charge >= 0.3 is 0 Å². The van der Waals surface area contributed by atoms with Gasteiger partial charge in [-0.3, -0.25) is 0 Å². The lowest BCUT2D eigenvalue weighted by atomic mass is 10.1. The Balaban J connectivity index is 1.96. The number of fused-ring (bicyclic) bond motifs is 1. The molecule has 0 radical (unpaired) electrons. The summed E-state index contributed by atoms with van der Waals surface area (Å²) in [5.41, 5.74) is 4.92. The monoisotopic (exact) mass is 271 g/mol. The fourth-order valence-electron chi connectivity index (χ4n) is 2.74. The van der Waals surface area contributed by atoms with Crippen LogP contribution in [0.2, 0.25) is 0 Å². The van der Waals surface area contributed by atoms with E-state index in [1.54, 1.807) is 0 Å². The van der Waals surface area contributed by atoms with Crippen molar-refractivity contribution in [3.63, 3.8) is 0 Å². The van der Waals surface area contributed by atoms with Crippen LogP contribution >= 0.6 is 0 Å². The molecule has 0 fully saturated rings. The molecule has 0 saturated carbocycles. The first kappa shape index (κ1) is 13.2. The standard InChI is InChI=1S/C16H21N3O/c1-3-20-11-9-14-13-8-10-17-16(13)19(18-14)15-7-5-4-6-12(15)2/h4-7,17H,3,8-11H2,1-2H3. The van der Waals surface area contributed by atoms with Crippen LogP contribution in [-0.4, -0.2) is 29.5 Å². The van der Waals surface area contributed by atoms with Crippen molar-refractivity contribution in [3.8, 4) is 5.69 Å². The Labute approximate surface area is 119 Å². The molecule has 1 aliphatic rings. The van der Waals surface area contributed by atoms with Gasteiger partial charge in [-0.2, -0.15) is 5.10 Å². The highest BCUT2D eigenvalue weighted by Gasteiger charge is 2.23. The first-order valence-electron chi connectivity index (χ1n) is 7.29. The van der Waals surface area contributed by atoms with Gasteiger partial charge < -0.3 is 10.1 Å². The molecule has 0 saturated heterocycles. The van der Waals surface area contributed by atoms with Crippen molar-refractivity contribution < 1.29 is 4.74 Å². The molecule has 1 aromatic heterocycles. The van der Waals surface area contributed by atoms with E-state index in [1.807, 2.05) is 6.92 Å². The van der Waals surface area contributed by atoms with Crippen molar-refractivity contribution in [1.29, 1.82) is 0 Å². The zero-order valence-corrected chi connectivity index (χ0v) is 12.1. The van der Waals surface area contributed by atoms with Gasteiger partial charge in [-0.1, -0.05) is 18.2 Å². The normalized spacial score (nSPS) is 13.3. The molecule has 3 rings (SSSR count). The average molecular weight is 271 g/mol. The number of ether oxygens (including phenoxy) is 1. The zero-order chi connectivity index (χ0) is 13.9. The molecule has 0 unspecified atom stereocenters. The summed E-state index contributed by atoms with van der Waals surface area (Å²) in [5.74, 6) is 1.16. The number of para-hydroxylation sites is 1. The van der Waals surface area contributed by atoms with E-state index in [-0.39, 0.29) is 0 Å². The van der Waals surface area contributed by atoms with E-state index in [9.17, 15) is 0 Å². The summed E-state index contributed by atoms with van der Waals surface area (Å²) in [7, 11) is 0. The van der Waals surface area contributed by atoms with Crippen LogP contribution in [0.3, 0.4) is 0 Å². The number of rotatable bonds is 5. The maximum atomic E-state index is 5.47. The molecule has 2 aromatic rings. The van der Waals surface area contributed by atoms with E-state index in [2.05, 4.69) is 41.2 Å². The van der Waals surface area contributed by atoms with Gasteiger partial charge in [-0.15, -0.1) is 0 Å². The van der Waals surface area contributed by atoms with Crippen molar-refractivity contribution in [2.45, 2.75) is 26.7 Å². The van der Waals surface area contributed by atoms with Crippen molar-refractivity contribution in [2.24, 2.45) is 0 Å². The van der Waals surface area contributed by atoms with Crippen molar-refractivity contribution >= 4 is 5.82 Å². The number of anilines is 1. The Hall–Kier alpha value is -1.81. The van der Waals surface area contributed by atoms with E-state index >= 15 is 0 Å². The second kappa shape index (κ2) is 5.67. The molecule has 106 valence electrons. The number of aromatic nitrogens is 2. The van der Waals surface area contributed by atoms with Crippen LogP contribution in [0, 0.1) is 6.92 Å². The van der Waals surface area contributed by atoms with Gasteiger partial charge in [0.05, 0.1) is 18.0 Å². The molecule has 1 aliphatic heterocycles. The van der Waals surface area contributed by atoms with Crippen molar-refractivity contribution in [1.82, 2.24) is 9.78 Å². The molecule has 1 aromatic carbocycles. The fourth-order valence-corrected chi connectivity index (χ4v) is 2.74. The molecule has 20 heavy (non-hydrogen) atoms. The lowest BCUT2D eigenvalue weighted by Crippen LogP contribution is -2.07. The summed E-state index contributed by atoms with van der Waals surface area (Å²) in [6.07, 6.45) is 1.94. The smallest absolute Gasteiger partial charge is 0.133 e. The lowest BCUT2D eigenvalue weighted by Gasteiger charge is -2.09. The highest BCUT2D eigenvalue weighted by atomic mass is 16.5. The maximum Gasteiger partial charge on any atom is 0.133 e. The van der Waals surface area contributed by atoms with E-state index in [4.69, 9.17) is 9.84 Å². The molecule has 0 atom stereocenters. The molecule has 0 spiro atoms. The minimum atomic E-state index is 0.744. The van der Waals surface area contributed by atoms with Crippen molar-refractivity contribution in [2.75, 3.05) is 25.1 Å². The second-order valence-electron chi connectivity index (χ2n) is 5.10. The Morgan fingerprint density at radius 1 is 1.35 bits per heavy atom. The largest absolute Gasteiger partial charge is 0.381 e. The summed E-state index contributed by atoms with van der Waals surface area (Å²) in [6, 6.07) is 8.37. The third-order valence-corrected chi connectivity index (χ3v) is 3.77. The van der Waals surface area contributed by atoms with E-state index in [0.29, 0.717) is 0 Å². The van der Waals surface area contributed by atoms with Gasteiger partial charge in [-0.05, 0) is 31.9 Å². The Bertz CT molecular complexity index is 604. The van der Waals surface area contributed by atoms with E-state index in [1.165, 1.54) is 16.8 Å². The van der Waals surface area contributed by atoms with Gasteiger partial charge in [0.25, 0.3) is 0 Å². The zero-order valence-electron chi connectivity index (χ0n) is 12.1. The summed E-state index contributed by atoms with van der Waals surface area (Å²) >= 11 is 0. The highest BCUT2D eigenvalue weighted by molar-refractivity contribution is 5.58. The highest BCUT2D eigenvalue weighted by Crippen LogP contribution is 2.29. The predicted octanol–water partition coefficient (Wildman–Crippen LogP) is 2.73. The molecule has 0 amide bonds. The topological polar surface area (TPSA) is 39.1 Å². The summed E-state index contributed by atoms with van der Waals surface area (Å²) < 4.78 is 7.52. The van der Waals surface area contributed by atoms with Crippen LogP contribution < -0.4 is 5.32 Å². The van der Waals surface area contributed by atoms with Crippen molar-refractivity contribution in [3.05, 3.63) is 41.1 Å². The molecule has 0 aliphatic carbocycles. The molecular weight excluding hydrogens is 250 g/mol. The lowest BCUT2D eigenvalue weighted by molar-refractivity contribution is 0.150. The van der Waals surface area contributed by atoms with Gasteiger partial charge in [0, 0.05) is 25.1 Å². The molecular formula is C16H21N3O. The first-order chi connectivity index (χ1) is 9.81. The van der Waals surface area contributed by atoms with Gasteiger partial charge in [0.15, 0.2) is 0 Å². The quantitative estimate of drug-likeness (QED) is 0.850. The number of nitrogens with zero attached hydrogens (tertiary/aromatic N) is 2. The Morgan fingerprint density at radius 2 is 2.20 bits per heavy atom. The van der Waals surface area contributed by atoms with Crippen LogP contribution in [0.5, 0.6) is 0 Å². The minimum absolute atomic E-state index is 0.744. The molecule has 4 heteroatoms. The predicted molar refractivity (Wildman–Crippen MR) is 80.7 cm³/mol. The van der Waals surface area contributed by atoms with E-state index in [0.717, 1.165) is 44.1 Å². The van der Waals surface area contributed by atoms with Crippen LogP contribution in [0.4, 0.5) is 5.82 Å². The van der Waals surface area contributed by atoms with Crippen LogP contribution in [0.15, 0.2) is 24.3 Å². The third-order valence-electron chi connectivity index (χ3n) is 3.77. The number of hydrogen-bond donors (Lipinski definition) is 1. The van der Waals surface area contributed by atoms with E-state index < -0.39 is 0 Å². The first-order valence-corrected chi connectivity index (χ1v) is 7.29. The van der Waals surface area contributed by atoms with Gasteiger partial charge in [0.2, 0.25) is 0 Å². The number of hydrogen-bond acceptors (Lipinski definition) is 3. The molecule has 4 nitrogen and oxygen atoms in total. The number of nitrogens with one attached hydrogen (secondary N) is 1. The summed E-state index contributed by atoms with van der Waals surface area (Å²) in [5, 5.41) is 8.27. The molecule has 1 N–H and O–H groups in total. The number of aryl methyl sites for hydroxylation is 1. The Kier molecular flexibility index (Phi) is 3.74. The average Bonchev–Trinajstić information content (AvgIpc) is 3.03. The summed E-state index contributed by atoms with van der Waals surface area (Å²) in [4.78, 5) is 0. The molecule has 0 bridgehead atoms. The van der Waals surface area contributed by atoms with Crippen LogP contribution in [-0.2, 0) is 17.6 Å². The SMILES string of the molecule is CCOCCc1nn(-c2ccccc2C)c2c1CCN2. The van der Waals surface area contributed by atoms with Gasteiger partial charge in [-0.25, -0.2) is 4.68 Å². The second-order valence-corrected chi connectivity index (χ2v) is 5.10. The van der Waals surface area contributed by atoms with Crippen LogP contribution in [0.25, 0.3) is 5.69 Å². The fraction of sp³-hybridized carbons (Fsp3) is 0.438. The Morgan fingerprint density at radius 3 is 3.00 bits per heavy atom. The maximum absolute atomic E-state index is 5.47. The van der Waals surface area contributed by atoms with Gasteiger partial charge in [0.1, 0.15) is 5.82 Å². The minimum Gasteiger partial charge on any atom is -0.381 e. The number of benzene rings is 1. The molecule has 2 heterocycles. The summed E-state index contributed by atoms with van der Waals surface area (Å²) in [6.45, 7) is 6.66.